The van der Waals surface area contributed by atoms with E-state index in [-0.39, 0.29) is 17.5 Å². The number of fused-ring (bicyclic) bond motifs is 3. The third-order valence-corrected chi connectivity index (χ3v) is 12.5. The van der Waals surface area contributed by atoms with E-state index < -0.39 is 5.41 Å². The van der Waals surface area contributed by atoms with Gasteiger partial charge in [-0.05, 0) is 111 Å². The summed E-state index contributed by atoms with van der Waals surface area (Å²) in [6.07, 6.45) is 12.6. The summed E-state index contributed by atoms with van der Waals surface area (Å²) in [4.78, 5) is 15.1. The molecule has 0 spiro atoms. The van der Waals surface area contributed by atoms with Crippen LogP contribution in [0.2, 0.25) is 0 Å². The van der Waals surface area contributed by atoms with Gasteiger partial charge in [-0.15, -0.1) is 10.2 Å². The molecule has 1 amide bonds. The minimum absolute atomic E-state index is 0.0604. The fraction of sp³-hybridized carbons (Fsp3) is 0.639. The summed E-state index contributed by atoms with van der Waals surface area (Å²) in [6.45, 7) is 9.57. The van der Waals surface area contributed by atoms with Crippen LogP contribution in [0.15, 0.2) is 42.8 Å². The number of aromatic nitrogens is 4. The average molecular weight is 624 g/mol. The molecule has 3 saturated carbocycles. The minimum atomic E-state index is -0.486. The van der Waals surface area contributed by atoms with Gasteiger partial charge >= 0.3 is 0 Å². The number of rotatable bonds is 10. The fourth-order valence-electron chi connectivity index (χ4n) is 10.2. The van der Waals surface area contributed by atoms with Crippen LogP contribution in [0.3, 0.4) is 0 Å². The molecule has 4 N–H and O–H groups in total. The molecule has 1 saturated heterocycles. The number of carbonyl (C=O) groups excluding carboxylic acids is 1. The molecule has 4 fully saturated rings. The molecule has 4 aliphatic carbocycles. The number of aryl methyl sites for hydroxylation is 1. The van der Waals surface area contributed by atoms with Crippen LogP contribution >= 0.6 is 0 Å². The minimum Gasteiger partial charge on any atom is -0.392 e. The summed E-state index contributed by atoms with van der Waals surface area (Å²) in [5.74, 6) is 2.54. The van der Waals surface area contributed by atoms with Crippen LogP contribution in [0.5, 0.6) is 0 Å². The number of carbonyl (C=O) groups is 1. The maximum atomic E-state index is 12.8. The Labute approximate surface area is 272 Å². The molecule has 1 aromatic carbocycles. The van der Waals surface area contributed by atoms with Crippen LogP contribution in [0.1, 0.15) is 97.9 Å². The number of nitriles is 1. The van der Waals surface area contributed by atoms with Gasteiger partial charge in [0, 0.05) is 49.2 Å². The monoisotopic (exact) mass is 623 g/mol. The molecule has 10 heteroatoms. The number of benzene rings is 1. The smallest absolute Gasteiger partial charge is 0.251 e. The normalized spacial score (nSPS) is 32.3. The molecule has 10 nitrogen and oxygen atoms in total. The Bertz CT molecular complexity index is 1520. The maximum Gasteiger partial charge on any atom is 0.251 e. The first-order valence-corrected chi connectivity index (χ1v) is 17.4. The highest BCUT2D eigenvalue weighted by Gasteiger charge is 2.57. The molecule has 2 aromatic rings. The molecule has 5 aliphatic rings. The van der Waals surface area contributed by atoms with Gasteiger partial charge in [0.15, 0.2) is 5.82 Å². The highest BCUT2D eigenvalue weighted by Crippen LogP contribution is 2.58. The second kappa shape index (κ2) is 12.1. The third kappa shape index (κ3) is 5.21. The Morgan fingerprint density at radius 3 is 2.65 bits per heavy atom. The first-order valence-electron chi connectivity index (χ1n) is 17.4. The van der Waals surface area contributed by atoms with Crippen molar-refractivity contribution >= 4 is 5.91 Å². The lowest BCUT2D eigenvalue weighted by Gasteiger charge is -2.50. The van der Waals surface area contributed by atoms with Gasteiger partial charge < -0.3 is 20.9 Å². The zero-order valence-electron chi connectivity index (χ0n) is 27.4. The summed E-state index contributed by atoms with van der Waals surface area (Å²) in [5.41, 5.74) is 4.68. The van der Waals surface area contributed by atoms with Gasteiger partial charge in [0.1, 0.15) is 6.04 Å². The first-order chi connectivity index (χ1) is 22.3. The lowest BCUT2D eigenvalue weighted by Crippen LogP contribution is -2.54. The van der Waals surface area contributed by atoms with Gasteiger partial charge in [0.2, 0.25) is 0 Å². The SMILES string of the molecule is C=C(NC)C1CCC2[C@@H](CCc3cc(C(=O)NC)ccc3C2(CC2(NCC(=C)N3C(C#N)C[C@@H]4C[C@@H]43)CCCC2)c2nn[nH]n2)C1. The summed E-state index contributed by atoms with van der Waals surface area (Å²) in [5, 5.41) is 36.7. The van der Waals surface area contributed by atoms with Crippen LogP contribution < -0.4 is 16.0 Å². The summed E-state index contributed by atoms with van der Waals surface area (Å²) >= 11 is 0. The molecule has 4 unspecified atom stereocenters. The Balaban J connectivity index is 1.30. The van der Waals surface area contributed by atoms with Crippen LogP contribution in [-0.2, 0) is 11.8 Å². The number of piperidine rings is 1. The molecule has 1 aromatic heterocycles. The standard InChI is InChI=1S/C36H49N9O/c1-22(45-29(19-37)17-28-18-32(28)45)20-40-35(13-5-6-14-35)21-36(34-41-43-44-42-34)30-11-9-24(23(2)38-3)15-25(30)7-8-26-16-27(33(46)39-4)10-12-31(26)36/h10,12,16,24-25,28-30,32,38,40H,1-2,5-9,11,13-15,17-18,20-21H2,3-4H3,(H,39,46)(H,41,42,43,44)/t24?,25-,28+,29?,30?,32-,36?/m0/s1. The molecule has 7 rings (SSSR count). The second-order valence-electron chi connectivity index (χ2n) is 14.8. The molecular formula is C36H49N9O. The van der Waals surface area contributed by atoms with Gasteiger partial charge in [-0.2, -0.15) is 10.5 Å². The van der Waals surface area contributed by atoms with Crippen molar-refractivity contribution < 1.29 is 4.79 Å². The Morgan fingerprint density at radius 2 is 1.93 bits per heavy atom. The molecule has 0 bridgehead atoms. The van der Waals surface area contributed by atoms with E-state index in [1.807, 2.05) is 13.1 Å². The van der Waals surface area contributed by atoms with Gasteiger partial charge in [-0.3, -0.25) is 4.79 Å². The second-order valence-corrected chi connectivity index (χ2v) is 14.8. The first kappa shape index (κ1) is 30.9. The number of allylic oxidation sites excluding steroid dienone is 1. The van der Waals surface area contributed by atoms with E-state index in [9.17, 15) is 10.1 Å². The van der Waals surface area contributed by atoms with Crippen molar-refractivity contribution in [2.24, 2.45) is 23.7 Å². The summed E-state index contributed by atoms with van der Waals surface area (Å²) in [6, 6.07) is 9.26. The third-order valence-electron chi connectivity index (χ3n) is 12.5. The number of aromatic amines is 1. The van der Waals surface area contributed by atoms with E-state index in [1.54, 1.807) is 7.05 Å². The van der Waals surface area contributed by atoms with E-state index in [1.165, 1.54) is 17.5 Å². The van der Waals surface area contributed by atoms with Gasteiger partial charge in [0.05, 0.1) is 11.5 Å². The molecule has 46 heavy (non-hydrogen) atoms. The van der Waals surface area contributed by atoms with Crippen LogP contribution in [0.25, 0.3) is 0 Å². The number of H-pyrrole nitrogens is 1. The van der Waals surface area contributed by atoms with Crippen molar-refractivity contribution in [1.82, 2.24) is 41.5 Å². The van der Waals surface area contributed by atoms with Crippen LogP contribution in [-0.4, -0.2) is 69.7 Å². The topological polar surface area (TPSA) is 135 Å². The molecule has 7 atom stereocenters. The number of nitrogens with one attached hydrogen (secondary N) is 4. The highest BCUT2D eigenvalue weighted by molar-refractivity contribution is 5.94. The largest absolute Gasteiger partial charge is 0.392 e. The number of amides is 1. The predicted molar refractivity (Wildman–Crippen MR) is 176 cm³/mol. The molecular weight excluding hydrogens is 574 g/mol. The van der Waals surface area contributed by atoms with Crippen molar-refractivity contribution in [3.63, 3.8) is 0 Å². The number of likely N-dealkylation sites (tertiary alicyclic amines) is 1. The van der Waals surface area contributed by atoms with Gasteiger partial charge in [0.25, 0.3) is 5.91 Å². The van der Waals surface area contributed by atoms with Crippen molar-refractivity contribution in [3.05, 3.63) is 65.3 Å². The van der Waals surface area contributed by atoms with Gasteiger partial charge in [-0.1, -0.05) is 37.3 Å². The van der Waals surface area contributed by atoms with Crippen molar-refractivity contribution in [2.45, 2.75) is 100 Å². The van der Waals surface area contributed by atoms with Crippen molar-refractivity contribution in [1.29, 1.82) is 5.26 Å². The zero-order valence-corrected chi connectivity index (χ0v) is 27.4. The summed E-state index contributed by atoms with van der Waals surface area (Å²) in [7, 11) is 3.67. The van der Waals surface area contributed by atoms with E-state index in [2.05, 4.69) is 62.6 Å². The Kier molecular flexibility index (Phi) is 8.16. The molecule has 1 aliphatic heterocycles. The highest BCUT2D eigenvalue weighted by atomic mass is 16.1. The van der Waals surface area contributed by atoms with Crippen LogP contribution in [0.4, 0.5) is 0 Å². The number of hydrogen-bond donors (Lipinski definition) is 4. The fourth-order valence-corrected chi connectivity index (χ4v) is 10.2. The Morgan fingerprint density at radius 1 is 1.11 bits per heavy atom. The van der Waals surface area contributed by atoms with Crippen LogP contribution in [0, 0.1) is 35.0 Å². The molecule has 2 heterocycles. The average Bonchev–Trinajstić information content (AvgIpc) is 3.43. The quantitative estimate of drug-likeness (QED) is 0.307. The maximum absolute atomic E-state index is 12.8. The van der Waals surface area contributed by atoms with E-state index in [0.717, 1.165) is 87.8 Å². The summed E-state index contributed by atoms with van der Waals surface area (Å²) < 4.78 is 0. The van der Waals surface area contributed by atoms with E-state index >= 15 is 0 Å². The molecule has 244 valence electrons. The van der Waals surface area contributed by atoms with E-state index in [4.69, 9.17) is 10.2 Å². The van der Waals surface area contributed by atoms with E-state index in [0.29, 0.717) is 41.8 Å². The van der Waals surface area contributed by atoms with Crippen molar-refractivity contribution in [3.8, 4) is 6.07 Å². The Hall–Kier alpha value is -3.71. The lowest BCUT2D eigenvalue weighted by atomic mass is 9.55. The zero-order chi connectivity index (χ0) is 32.1. The number of nitrogens with zero attached hydrogens (tertiary/aromatic N) is 5. The van der Waals surface area contributed by atoms with Gasteiger partial charge in [-0.25, -0.2) is 0 Å². The number of tetrazole rings is 1. The predicted octanol–water partition coefficient (Wildman–Crippen LogP) is 4.35. The molecule has 0 radical (unpaired) electrons. The lowest BCUT2D eigenvalue weighted by molar-refractivity contribution is 0.0902. The van der Waals surface area contributed by atoms with Crippen molar-refractivity contribution in [2.75, 3.05) is 20.6 Å². The number of hydrogen-bond acceptors (Lipinski definition) is 8.